The van der Waals surface area contributed by atoms with E-state index in [4.69, 9.17) is 4.74 Å². The minimum absolute atomic E-state index is 0.296. The van der Waals surface area contributed by atoms with Gasteiger partial charge in [0, 0.05) is 14.2 Å². The molecular weight excluding hydrogens is 260 g/mol. The fraction of sp³-hybridized carbons (Fsp3) is 0.700. The van der Waals surface area contributed by atoms with E-state index < -0.39 is 5.60 Å². The molecule has 1 saturated carbocycles. The molecule has 1 aliphatic rings. The van der Waals surface area contributed by atoms with Crippen LogP contribution in [-0.4, -0.2) is 28.6 Å². The smallest absolute Gasteiger partial charge is 0.133 e. The molecule has 2 rings (SSSR count). The molecule has 84 valence electrons. The van der Waals surface area contributed by atoms with Gasteiger partial charge in [0.05, 0.1) is 23.0 Å². The van der Waals surface area contributed by atoms with Gasteiger partial charge in [0.2, 0.25) is 0 Å². The Bertz CT molecular complexity index is 343. The summed E-state index contributed by atoms with van der Waals surface area (Å²) in [4.78, 5) is 0. The van der Waals surface area contributed by atoms with Gasteiger partial charge in [0.25, 0.3) is 0 Å². The van der Waals surface area contributed by atoms with Gasteiger partial charge >= 0.3 is 0 Å². The molecule has 15 heavy (non-hydrogen) atoms. The molecule has 1 aromatic rings. The molecule has 0 amide bonds. The number of ether oxygens (including phenoxy) is 1. The molecule has 1 aromatic heterocycles. The zero-order chi connectivity index (χ0) is 11.1. The number of halogens is 1. The van der Waals surface area contributed by atoms with E-state index in [9.17, 15) is 5.11 Å². The largest absolute Gasteiger partial charge is 0.381 e. The predicted molar refractivity (Wildman–Crippen MR) is 59.4 cm³/mol. The summed E-state index contributed by atoms with van der Waals surface area (Å²) >= 11 is 3.42. The third-order valence-electron chi connectivity index (χ3n) is 2.92. The molecule has 1 unspecified atom stereocenters. The van der Waals surface area contributed by atoms with E-state index in [0.29, 0.717) is 12.5 Å². The number of aromatic nitrogens is 2. The first-order valence-electron chi connectivity index (χ1n) is 4.99. The fourth-order valence-electron chi connectivity index (χ4n) is 2.06. The van der Waals surface area contributed by atoms with Crippen LogP contribution in [-0.2, 0) is 17.4 Å². The zero-order valence-corrected chi connectivity index (χ0v) is 10.5. The van der Waals surface area contributed by atoms with Crippen molar-refractivity contribution in [3.05, 3.63) is 16.4 Å². The summed E-state index contributed by atoms with van der Waals surface area (Å²) in [5.41, 5.74) is -0.0920. The van der Waals surface area contributed by atoms with Crippen LogP contribution >= 0.6 is 15.9 Å². The van der Waals surface area contributed by atoms with Crippen molar-refractivity contribution in [3.63, 3.8) is 0 Å². The molecule has 1 N–H and O–H groups in total. The second kappa shape index (κ2) is 3.88. The van der Waals surface area contributed by atoms with E-state index in [1.165, 1.54) is 0 Å². The van der Waals surface area contributed by atoms with Crippen molar-refractivity contribution in [1.29, 1.82) is 0 Å². The minimum Gasteiger partial charge on any atom is -0.381 e. The van der Waals surface area contributed by atoms with Crippen LogP contribution in [0.2, 0.25) is 0 Å². The van der Waals surface area contributed by atoms with E-state index in [2.05, 4.69) is 21.0 Å². The van der Waals surface area contributed by atoms with Crippen molar-refractivity contribution in [2.75, 3.05) is 13.7 Å². The molecule has 1 atom stereocenters. The number of aliphatic hydroxyl groups is 1. The lowest BCUT2D eigenvalue weighted by Crippen LogP contribution is -2.36. The van der Waals surface area contributed by atoms with Gasteiger partial charge in [-0.2, -0.15) is 5.10 Å². The predicted octanol–water partition coefficient (Wildman–Crippen LogP) is 1.43. The Labute approximate surface area is 97.4 Å². The molecule has 0 aromatic carbocycles. The molecule has 1 fully saturated rings. The monoisotopic (exact) mass is 274 g/mol. The molecule has 5 heteroatoms. The maximum atomic E-state index is 10.7. The molecule has 0 spiro atoms. The van der Waals surface area contributed by atoms with Crippen LogP contribution in [0.15, 0.2) is 10.7 Å². The minimum atomic E-state index is -0.904. The Hall–Kier alpha value is -0.390. The molecule has 0 radical (unpaired) electrons. The molecule has 0 aliphatic heterocycles. The lowest BCUT2D eigenvalue weighted by Gasteiger charge is -2.28. The van der Waals surface area contributed by atoms with Crippen LogP contribution in [0.1, 0.15) is 18.5 Å². The number of aryl methyl sites for hydroxylation is 1. The number of methoxy groups -OCH3 is 1. The topological polar surface area (TPSA) is 47.3 Å². The Morgan fingerprint density at radius 2 is 2.40 bits per heavy atom. The Morgan fingerprint density at radius 1 is 1.73 bits per heavy atom. The van der Waals surface area contributed by atoms with Gasteiger partial charge < -0.3 is 9.84 Å². The van der Waals surface area contributed by atoms with E-state index in [-0.39, 0.29) is 0 Å². The highest BCUT2D eigenvalue weighted by atomic mass is 79.9. The summed E-state index contributed by atoms with van der Waals surface area (Å²) in [6, 6.07) is 0. The van der Waals surface area contributed by atoms with Gasteiger partial charge in [-0.1, -0.05) is 0 Å². The average molecular weight is 275 g/mol. The van der Waals surface area contributed by atoms with Gasteiger partial charge in [-0.15, -0.1) is 0 Å². The Kier molecular flexibility index (Phi) is 2.87. The van der Waals surface area contributed by atoms with Crippen LogP contribution in [0.3, 0.4) is 0 Å². The summed E-state index contributed by atoms with van der Waals surface area (Å²) in [5, 5.41) is 14.8. The second-order valence-corrected chi connectivity index (χ2v) is 4.95. The molecule has 0 saturated heterocycles. The third kappa shape index (κ3) is 1.84. The number of hydrogen-bond acceptors (Lipinski definition) is 3. The van der Waals surface area contributed by atoms with Crippen molar-refractivity contribution >= 4 is 15.9 Å². The van der Waals surface area contributed by atoms with Gasteiger partial charge in [-0.3, -0.25) is 4.68 Å². The highest BCUT2D eigenvalue weighted by Gasteiger charge is 2.48. The van der Waals surface area contributed by atoms with E-state index in [1.54, 1.807) is 18.0 Å². The number of hydrogen-bond donors (Lipinski definition) is 1. The second-order valence-electron chi connectivity index (χ2n) is 4.10. The summed E-state index contributed by atoms with van der Waals surface area (Å²) < 4.78 is 7.68. The van der Waals surface area contributed by atoms with Gasteiger partial charge in [-0.05, 0) is 34.7 Å². The first-order valence-corrected chi connectivity index (χ1v) is 5.78. The van der Waals surface area contributed by atoms with Crippen LogP contribution in [0.5, 0.6) is 0 Å². The highest BCUT2D eigenvalue weighted by molar-refractivity contribution is 9.10. The lowest BCUT2D eigenvalue weighted by molar-refractivity contribution is -0.0594. The quantitative estimate of drug-likeness (QED) is 0.904. The first-order chi connectivity index (χ1) is 7.09. The normalized spacial score (nSPS) is 20.3. The molecular formula is C10H15BrN2O2. The van der Waals surface area contributed by atoms with Crippen molar-refractivity contribution in [1.82, 2.24) is 9.78 Å². The summed E-state index contributed by atoms with van der Waals surface area (Å²) in [6.45, 7) is 0.315. The van der Waals surface area contributed by atoms with Gasteiger partial charge in [0.15, 0.2) is 0 Å². The Morgan fingerprint density at radius 3 is 2.80 bits per heavy atom. The number of nitrogens with zero attached hydrogens (tertiary/aromatic N) is 2. The van der Waals surface area contributed by atoms with Gasteiger partial charge in [0.1, 0.15) is 5.60 Å². The van der Waals surface area contributed by atoms with Crippen molar-refractivity contribution in [3.8, 4) is 0 Å². The highest BCUT2D eigenvalue weighted by Crippen LogP contribution is 2.47. The van der Waals surface area contributed by atoms with Crippen LogP contribution in [0.25, 0.3) is 0 Å². The summed E-state index contributed by atoms with van der Waals surface area (Å²) in [5.74, 6) is 0.296. The maximum absolute atomic E-state index is 10.7. The first kappa shape index (κ1) is 11.1. The average Bonchev–Trinajstić information content (AvgIpc) is 2.95. The van der Waals surface area contributed by atoms with Gasteiger partial charge in [-0.25, -0.2) is 0 Å². The van der Waals surface area contributed by atoms with Crippen molar-refractivity contribution in [2.24, 2.45) is 13.0 Å². The van der Waals surface area contributed by atoms with Crippen LogP contribution < -0.4 is 0 Å². The van der Waals surface area contributed by atoms with E-state index in [0.717, 1.165) is 23.0 Å². The summed E-state index contributed by atoms with van der Waals surface area (Å²) in [7, 11) is 3.45. The zero-order valence-electron chi connectivity index (χ0n) is 8.90. The van der Waals surface area contributed by atoms with Crippen LogP contribution in [0, 0.1) is 5.92 Å². The fourth-order valence-corrected chi connectivity index (χ4v) is 2.75. The van der Waals surface area contributed by atoms with E-state index >= 15 is 0 Å². The van der Waals surface area contributed by atoms with Crippen molar-refractivity contribution < 1.29 is 9.84 Å². The molecule has 1 heterocycles. The molecule has 0 bridgehead atoms. The lowest BCUT2D eigenvalue weighted by atomic mass is 9.94. The third-order valence-corrected chi connectivity index (χ3v) is 3.50. The standard InChI is InChI=1S/C10H15BrN2O2/c1-13-9(8(11)5-12-13)10(14,6-15-2)7-3-4-7/h5,7,14H,3-4,6H2,1-2H3. The van der Waals surface area contributed by atoms with Crippen molar-refractivity contribution in [2.45, 2.75) is 18.4 Å². The Balaban J connectivity index is 2.39. The van der Waals surface area contributed by atoms with Crippen LogP contribution in [0.4, 0.5) is 0 Å². The maximum Gasteiger partial charge on any atom is 0.133 e. The SMILES string of the molecule is COCC(O)(c1c(Br)cnn1C)C1CC1. The van der Waals surface area contributed by atoms with E-state index in [1.807, 2.05) is 7.05 Å². The number of rotatable bonds is 4. The molecule has 4 nitrogen and oxygen atoms in total. The molecule has 1 aliphatic carbocycles. The summed E-state index contributed by atoms with van der Waals surface area (Å²) in [6.07, 6.45) is 3.81.